The van der Waals surface area contributed by atoms with Crippen LogP contribution in [0.1, 0.15) is 29.8 Å². The Kier molecular flexibility index (Phi) is 6.36. The third-order valence-electron chi connectivity index (χ3n) is 3.68. The van der Waals surface area contributed by atoms with Gasteiger partial charge in [0, 0.05) is 24.3 Å². The van der Waals surface area contributed by atoms with Crippen LogP contribution in [-0.2, 0) is 10.0 Å². The van der Waals surface area contributed by atoms with E-state index < -0.39 is 10.0 Å². The number of rotatable bonds is 7. The maximum Gasteiger partial charge on any atom is 0.255 e. The molecule has 25 heavy (non-hydrogen) atoms. The number of nitrogens with one attached hydrogen (secondary N) is 1. The standard InChI is InChI=1S/C19H22N2O3S/c1-3-21(4-2)19(22)17-10-12-18(13-11-17)20-25(23,24)15-14-16-8-6-5-7-9-16/h5-15,20H,3-4H2,1-2H3. The van der Waals surface area contributed by atoms with Crippen molar-refractivity contribution in [2.75, 3.05) is 17.8 Å². The lowest BCUT2D eigenvalue weighted by molar-refractivity contribution is 0.0773. The average Bonchev–Trinajstić information content (AvgIpc) is 2.62. The second-order valence-electron chi connectivity index (χ2n) is 5.42. The lowest BCUT2D eigenvalue weighted by Gasteiger charge is -2.18. The fraction of sp³-hybridized carbons (Fsp3) is 0.211. The summed E-state index contributed by atoms with van der Waals surface area (Å²) in [6, 6.07) is 15.6. The number of amides is 1. The quantitative estimate of drug-likeness (QED) is 0.823. The first-order valence-electron chi connectivity index (χ1n) is 8.10. The van der Waals surface area contributed by atoms with Crippen LogP contribution in [0.2, 0.25) is 0 Å². The molecule has 0 radical (unpaired) electrons. The molecule has 0 aliphatic rings. The van der Waals surface area contributed by atoms with Gasteiger partial charge in [0.25, 0.3) is 15.9 Å². The Bertz CT molecular complexity index is 825. The lowest BCUT2D eigenvalue weighted by atomic mass is 10.2. The second-order valence-corrected chi connectivity index (χ2v) is 6.98. The van der Waals surface area contributed by atoms with Crippen molar-refractivity contribution in [1.82, 2.24) is 4.90 Å². The van der Waals surface area contributed by atoms with E-state index in [-0.39, 0.29) is 5.91 Å². The van der Waals surface area contributed by atoms with Crippen LogP contribution < -0.4 is 4.72 Å². The summed E-state index contributed by atoms with van der Waals surface area (Å²) < 4.78 is 26.7. The van der Waals surface area contributed by atoms with Crippen LogP contribution in [0.4, 0.5) is 5.69 Å². The molecule has 0 aliphatic carbocycles. The van der Waals surface area contributed by atoms with Crippen LogP contribution in [0.3, 0.4) is 0 Å². The molecule has 0 atom stereocenters. The molecule has 2 aromatic carbocycles. The molecule has 2 aromatic rings. The van der Waals surface area contributed by atoms with Gasteiger partial charge in [0.05, 0.1) is 5.41 Å². The Balaban J connectivity index is 2.07. The van der Waals surface area contributed by atoms with Gasteiger partial charge in [-0.25, -0.2) is 8.42 Å². The monoisotopic (exact) mass is 358 g/mol. The smallest absolute Gasteiger partial charge is 0.255 e. The van der Waals surface area contributed by atoms with E-state index >= 15 is 0 Å². The van der Waals surface area contributed by atoms with Gasteiger partial charge in [0.15, 0.2) is 0 Å². The van der Waals surface area contributed by atoms with E-state index in [1.807, 2.05) is 44.2 Å². The van der Waals surface area contributed by atoms with Gasteiger partial charge in [0.1, 0.15) is 0 Å². The molecule has 0 heterocycles. The van der Waals surface area contributed by atoms with Crippen molar-refractivity contribution in [2.24, 2.45) is 0 Å². The molecule has 0 saturated heterocycles. The molecule has 0 aromatic heterocycles. The van der Waals surface area contributed by atoms with Gasteiger partial charge in [-0.3, -0.25) is 9.52 Å². The highest BCUT2D eigenvalue weighted by atomic mass is 32.2. The Morgan fingerprint density at radius 2 is 1.60 bits per heavy atom. The van der Waals surface area contributed by atoms with Gasteiger partial charge in [0.2, 0.25) is 0 Å². The van der Waals surface area contributed by atoms with Gasteiger partial charge >= 0.3 is 0 Å². The summed E-state index contributed by atoms with van der Waals surface area (Å²) in [5.41, 5.74) is 1.74. The van der Waals surface area contributed by atoms with E-state index in [2.05, 4.69) is 4.72 Å². The second kappa shape index (κ2) is 8.48. The summed E-state index contributed by atoms with van der Waals surface area (Å²) >= 11 is 0. The molecule has 5 nitrogen and oxygen atoms in total. The summed E-state index contributed by atoms with van der Waals surface area (Å²) in [4.78, 5) is 13.9. The predicted octanol–water partition coefficient (Wildman–Crippen LogP) is 3.58. The Hall–Kier alpha value is -2.60. The highest BCUT2D eigenvalue weighted by Crippen LogP contribution is 2.14. The van der Waals surface area contributed by atoms with E-state index in [0.717, 1.165) is 11.0 Å². The number of sulfonamides is 1. The minimum Gasteiger partial charge on any atom is -0.339 e. The van der Waals surface area contributed by atoms with Crippen LogP contribution in [0, 0.1) is 0 Å². The van der Waals surface area contributed by atoms with Gasteiger partial charge < -0.3 is 4.90 Å². The first kappa shape index (κ1) is 18.7. The van der Waals surface area contributed by atoms with E-state index in [4.69, 9.17) is 0 Å². The summed E-state index contributed by atoms with van der Waals surface area (Å²) in [7, 11) is -3.62. The zero-order chi connectivity index (χ0) is 18.3. The highest BCUT2D eigenvalue weighted by molar-refractivity contribution is 7.95. The first-order valence-corrected chi connectivity index (χ1v) is 9.65. The molecule has 0 saturated carbocycles. The number of hydrogen-bond donors (Lipinski definition) is 1. The summed E-state index contributed by atoms with van der Waals surface area (Å²) in [5.74, 6) is -0.0663. The minimum atomic E-state index is -3.62. The maximum absolute atomic E-state index is 12.2. The third kappa shape index (κ3) is 5.46. The molecule has 0 bridgehead atoms. The number of hydrogen-bond acceptors (Lipinski definition) is 3. The maximum atomic E-state index is 12.2. The predicted molar refractivity (Wildman–Crippen MR) is 102 cm³/mol. The minimum absolute atomic E-state index is 0.0663. The molecule has 0 unspecified atom stereocenters. The molecule has 0 aliphatic heterocycles. The van der Waals surface area contributed by atoms with Crippen molar-refractivity contribution in [3.63, 3.8) is 0 Å². The SMILES string of the molecule is CCN(CC)C(=O)c1ccc(NS(=O)(=O)C=Cc2ccccc2)cc1. The molecule has 1 amide bonds. The Morgan fingerprint density at radius 3 is 2.16 bits per heavy atom. The van der Waals surface area contributed by atoms with Crippen molar-refractivity contribution in [3.05, 3.63) is 71.1 Å². The zero-order valence-corrected chi connectivity index (χ0v) is 15.2. The fourth-order valence-corrected chi connectivity index (χ4v) is 3.17. The molecule has 6 heteroatoms. The topological polar surface area (TPSA) is 66.5 Å². The normalized spacial score (nSPS) is 11.4. The van der Waals surface area contributed by atoms with Crippen molar-refractivity contribution in [3.8, 4) is 0 Å². The number of carbonyl (C=O) groups excluding carboxylic acids is 1. The molecular formula is C19H22N2O3S. The molecule has 0 spiro atoms. The molecular weight excluding hydrogens is 336 g/mol. The van der Waals surface area contributed by atoms with E-state index in [1.165, 1.54) is 6.08 Å². The number of anilines is 1. The molecule has 2 rings (SSSR count). The van der Waals surface area contributed by atoms with Gasteiger partial charge in [-0.2, -0.15) is 0 Å². The van der Waals surface area contributed by atoms with Crippen molar-refractivity contribution < 1.29 is 13.2 Å². The van der Waals surface area contributed by atoms with Crippen LogP contribution in [0.25, 0.3) is 6.08 Å². The summed E-state index contributed by atoms with van der Waals surface area (Å²) in [6.07, 6.45) is 1.53. The molecule has 1 N–H and O–H groups in total. The van der Waals surface area contributed by atoms with Crippen molar-refractivity contribution in [2.45, 2.75) is 13.8 Å². The largest absolute Gasteiger partial charge is 0.339 e. The molecule has 132 valence electrons. The van der Waals surface area contributed by atoms with Crippen molar-refractivity contribution >= 4 is 27.7 Å². The molecule has 0 fully saturated rings. The Labute approximate surface area is 149 Å². The number of nitrogens with zero attached hydrogens (tertiary/aromatic N) is 1. The van der Waals surface area contributed by atoms with Crippen LogP contribution in [0.5, 0.6) is 0 Å². The van der Waals surface area contributed by atoms with Crippen LogP contribution >= 0.6 is 0 Å². The van der Waals surface area contributed by atoms with E-state index in [0.29, 0.717) is 24.3 Å². The van der Waals surface area contributed by atoms with E-state index in [9.17, 15) is 13.2 Å². The first-order chi connectivity index (χ1) is 11.9. The fourth-order valence-electron chi connectivity index (χ4n) is 2.30. The van der Waals surface area contributed by atoms with Crippen LogP contribution in [-0.4, -0.2) is 32.3 Å². The van der Waals surface area contributed by atoms with Gasteiger partial charge in [-0.15, -0.1) is 0 Å². The Morgan fingerprint density at radius 1 is 1.00 bits per heavy atom. The average molecular weight is 358 g/mol. The highest BCUT2D eigenvalue weighted by Gasteiger charge is 2.12. The van der Waals surface area contributed by atoms with E-state index in [1.54, 1.807) is 29.2 Å². The summed E-state index contributed by atoms with van der Waals surface area (Å²) in [5, 5.41) is 1.12. The summed E-state index contributed by atoms with van der Waals surface area (Å²) in [6.45, 7) is 5.11. The lowest BCUT2D eigenvalue weighted by Crippen LogP contribution is -2.30. The third-order valence-corrected chi connectivity index (χ3v) is 4.70. The van der Waals surface area contributed by atoms with Crippen molar-refractivity contribution in [1.29, 1.82) is 0 Å². The zero-order valence-electron chi connectivity index (χ0n) is 14.3. The number of carbonyl (C=O) groups is 1. The van der Waals surface area contributed by atoms with Gasteiger partial charge in [-0.1, -0.05) is 30.3 Å². The number of benzene rings is 2. The van der Waals surface area contributed by atoms with Crippen LogP contribution in [0.15, 0.2) is 60.0 Å². The van der Waals surface area contributed by atoms with Gasteiger partial charge in [-0.05, 0) is 49.8 Å².